The molecule has 0 atom stereocenters. The molecule has 0 spiro atoms. The van der Waals surface area contributed by atoms with Gasteiger partial charge >= 0.3 is 5.97 Å². The Kier molecular flexibility index (Phi) is 3.85. The van der Waals surface area contributed by atoms with E-state index in [1.807, 2.05) is 0 Å². The topological polar surface area (TPSA) is 86.7 Å². The summed E-state index contributed by atoms with van der Waals surface area (Å²) in [6.45, 7) is 2.13. The van der Waals surface area contributed by atoms with E-state index in [1.165, 1.54) is 4.31 Å². The second kappa shape index (κ2) is 4.72. The van der Waals surface area contributed by atoms with E-state index in [0.717, 1.165) is 0 Å². The molecule has 1 heterocycles. The van der Waals surface area contributed by atoms with Gasteiger partial charge in [-0.15, -0.1) is 0 Å². The van der Waals surface area contributed by atoms with Crippen LogP contribution in [0, 0.1) is 0 Å². The molecule has 1 rings (SSSR count). The lowest BCUT2D eigenvalue weighted by atomic mass is 10.4. The van der Waals surface area contributed by atoms with Crippen LogP contribution >= 0.6 is 0 Å². The van der Waals surface area contributed by atoms with Crippen LogP contribution in [0.25, 0.3) is 0 Å². The van der Waals surface area contributed by atoms with E-state index < -0.39 is 16.0 Å². The summed E-state index contributed by atoms with van der Waals surface area (Å²) in [5.41, 5.74) is 0. The van der Waals surface area contributed by atoms with Crippen molar-refractivity contribution in [2.24, 2.45) is 0 Å². The van der Waals surface area contributed by atoms with Gasteiger partial charge in [0.05, 0.1) is 12.2 Å². The van der Waals surface area contributed by atoms with Crippen molar-refractivity contribution in [3.63, 3.8) is 0 Å². The Bertz CT molecular complexity index is 295. The van der Waals surface area contributed by atoms with Crippen molar-refractivity contribution < 1.29 is 18.3 Å². The van der Waals surface area contributed by atoms with Crippen molar-refractivity contribution in [2.75, 3.05) is 31.9 Å². The van der Waals surface area contributed by atoms with Gasteiger partial charge < -0.3 is 10.4 Å². The van der Waals surface area contributed by atoms with Gasteiger partial charge in [-0.2, -0.15) is 4.31 Å². The summed E-state index contributed by atoms with van der Waals surface area (Å²) < 4.78 is 24.4. The van der Waals surface area contributed by atoms with Crippen molar-refractivity contribution in [2.45, 2.75) is 6.42 Å². The van der Waals surface area contributed by atoms with Crippen molar-refractivity contribution in [3.05, 3.63) is 0 Å². The van der Waals surface area contributed by atoms with Crippen molar-refractivity contribution in [1.82, 2.24) is 9.62 Å². The Morgan fingerprint density at radius 3 is 2.43 bits per heavy atom. The van der Waals surface area contributed by atoms with Crippen LogP contribution in [-0.4, -0.2) is 55.7 Å². The number of hydrogen-bond donors (Lipinski definition) is 2. The molecule has 1 aliphatic rings. The van der Waals surface area contributed by atoms with Crippen LogP contribution in [0.2, 0.25) is 0 Å². The van der Waals surface area contributed by atoms with E-state index in [9.17, 15) is 13.2 Å². The Labute approximate surface area is 82.9 Å². The van der Waals surface area contributed by atoms with E-state index in [0.29, 0.717) is 26.2 Å². The van der Waals surface area contributed by atoms with E-state index in [-0.39, 0.29) is 12.2 Å². The molecule has 2 N–H and O–H groups in total. The summed E-state index contributed by atoms with van der Waals surface area (Å²) in [5.74, 6) is -1.38. The maximum atomic E-state index is 11.5. The third-order valence-corrected chi connectivity index (χ3v) is 3.92. The number of carbonyl (C=O) groups is 1. The number of nitrogens with zero attached hydrogens (tertiary/aromatic N) is 1. The minimum absolute atomic E-state index is 0.303. The fourth-order valence-electron chi connectivity index (χ4n) is 1.27. The number of nitrogens with one attached hydrogen (secondary N) is 1. The summed E-state index contributed by atoms with van der Waals surface area (Å²) in [6.07, 6.45) is -0.327. The summed E-state index contributed by atoms with van der Waals surface area (Å²) in [7, 11) is -3.37. The molecule has 82 valence electrons. The molecule has 6 nitrogen and oxygen atoms in total. The Hall–Kier alpha value is -0.660. The van der Waals surface area contributed by atoms with Gasteiger partial charge in [-0.1, -0.05) is 0 Å². The fraction of sp³-hybridized carbons (Fsp3) is 0.857. The van der Waals surface area contributed by atoms with Gasteiger partial charge in [0.1, 0.15) is 0 Å². The zero-order chi connectivity index (χ0) is 10.6. The van der Waals surface area contributed by atoms with Gasteiger partial charge in [-0.05, 0) is 0 Å². The minimum atomic E-state index is -3.37. The molecule has 0 aliphatic carbocycles. The molecule has 0 aromatic carbocycles. The number of sulfonamides is 1. The molecule has 0 aromatic heterocycles. The monoisotopic (exact) mass is 222 g/mol. The predicted molar refractivity (Wildman–Crippen MR) is 50.5 cm³/mol. The number of aliphatic carboxylic acids is 1. The third kappa shape index (κ3) is 3.24. The summed E-state index contributed by atoms with van der Waals surface area (Å²) in [5, 5.41) is 11.4. The quantitative estimate of drug-likeness (QED) is 0.617. The van der Waals surface area contributed by atoms with Crippen LogP contribution in [0.15, 0.2) is 0 Å². The van der Waals surface area contributed by atoms with Crippen LogP contribution < -0.4 is 5.32 Å². The van der Waals surface area contributed by atoms with Gasteiger partial charge in [0.25, 0.3) is 0 Å². The van der Waals surface area contributed by atoms with Crippen LogP contribution in [-0.2, 0) is 14.8 Å². The second-order valence-electron chi connectivity index (χ2n) is 3.11. The molecule has 1 saturated heterocycles. The Morgan fingerprint density at radius 2 is 1.93 bits per heavy atom. The van der Waals surface area contributed by atoms with E-state index in [2.05, 4.69) is 5.32 Å². The molecule has 7 heteroatoms. The average molecular weight is 222 g/mol. The zero-order valence-electron chi connectivity index (χ0n) is 7.77. The molecule has 0 saturated carbocycles. The second-order valence-corrected chi connectivity index (χ2v) is 5.20. The normalized spacial score (nSPS) is 19.4. The highest BCUT2D eigenvalue weighted by atomic mass is 32.2. The number of rotatable bonds is 4. The van der Waals surface area contributed by atoms with Crippen molar-refractivity contribution in [1.29, 1.82) is 0 Å². The summed E-state index contributed by atoms with van der Waals surface area (Å²) in [4.78, 5) is 10.2. The highest BCUT2D eigenvalue weighted by Gasteiger charge is 2.23. The first-order valence-corrected chi connectivity index (χ1v) is 6.03. The number of carboxylic acids is 1. The molecule has 1 aliphatic heterocycles. The first kappa shape index (κ1) is 11.4. The molecular weight excluding hydrogens is 208 g/mol. The molecule has 1 fully saturated rings. The maximum Gasteiger partial charge on any atom is 0.304 e. The average Bonchev–Trinajstić information content (AvgIpc) is 2.16. The van der Waals surface area contributed by atoms with Crippen LogP contribution in [0.3, 0.4) is 0 Å². The smallest absolute Gasteiger partial charge is 0.304 e. The molecule has 0 aromatic rings. The van der Waals surface area contributed by atoms with Gasteiger partial charge in [-0.3, -0.25) is 4.79 Å². The predicted octanol–water partition coefficient (Wildman–Crippen LogP) is -1.30. The summed E-state index contributed by atoms with van der Waals surface area (Å²) in [6, 6.07) is 0. The number of piperazine rings is 1. The lowest BCUT2D eigenvalue weighted by molar-refractivity contribution is -0.136. The highest BCUT2D eigenvalue weighted by molar-refractivity contribution is 7.89. The van der Waals surface area contributed by atoms with E-state index in [4.69, 9.17) is 5.11 Å². The van der Waals surface area contributed by atoms with Gasteiger partial charge in [-0.25, -0.2) is 8.42 Å². The lowest BCUT2D eigenvalue weighted by Crippen LogP contribution is -2.47. The van der Waals surface area contributed by atoms with Crippen LogP contribution in [0.4, 0.5) is 0 Å². The first-order valence-electron chi connectivity index (χ1n) is 4.43. The standard InChI is InChI=1S/C7H14N2O4S/c10-7(11)1-6-14(12,13)9-4-2-8-3-5-9/h8H,1-6H2,(H,10,11). The van der Waals surface area contributed by atoms with Gasteiger partial charge in [0.15, 0.2) is 0 Å². The summed E-state index contributed by atoms with van der Waals surface area (Å²) >= 11 is 0. The molecule has 0 amide bonds. The van der Waals surface area contributed by atoms with Crippen molar-refractivity contribution in [3.8, 4) is 0 Å². The van der Waals surface area contributed by atoms with Crippen LogP contribution in [0.1, 0.15) is 6.42 Å². The fourth-order valence-corrected chi connectivity index (χ4v) is 2.70. The number of carboxylic acid groups (broad SMARTS) is 1. The van der Waals surface area contributed by atoms with Crippen LogP contribution in [0.5, 0.6) is 0 Å². The molecule has 0 unspecified atom stereocenters. The van der Waals surface area contributed by atoms with Crippen molar-refractivity contribution >= 4 is 16.0 Å². The molecule has 0 bridgehead atoms. The Balaban J connectivity index is 2.50. The lowest BCUT2D eigenvalue weighted by Gasteiger charge is -2.26. The minimum Gasteiger partial charge on any atom is -0.481 e. The first-order chi connectivity index (χ1) is 6.52. The highest BCUT2D eigenvalue weighted by Crippen LogP contribution is 2.04. The Morgan fingerprint density at radius 1 is 1.36 bits per heavy atom. The van der Waals surface area contributed by atoms with Gasteiger partial charge in [0.2, 0.25) is 10.0 Å². The molecule has 0 radical (unpaired) electrons. The molecular formula is C7H14N2O4S. The van der Waals surface area contributed by atoms with E-state index in [1.54, 1.807) is 0 Å². The number of hydrogen-bond acceptors (Lipinski definition) is 4. The zero-order valence-corrected chi connectivity index (χ0v) is 8.59. The SMILES string of the molecule is O=C(O)CCS(=O)(=O)N1CCNCC1. The molecule has 14 heavy (non-hydrogen) atoms. The van der Waals surface area contributed by atoms with E-state index >= 15 is 0 Å². The third-order valence-electron chi connectivity index (χ3n) is 2.04. The largest absolute Gasteiger partial charge is 0.481 e. The van der Waals surface area contributed by atoms with Gasteiger partial charge in [0, 0.05) is 26.2 Å². The maximum absolute atomic E-state index is 11.5.